The van der Waals surface area contributed by atoms with Crippen molar-refractivity contribution in [2.45, 2.75) is 64.2 Å². The van der Waals surface area contributed by atoms with E-state index in [4.69, 9.17) is 4.74 Å². The number of aliphatic hydroxyl groups excluding tert-OH is 1. The van der Waals surface area contributed by atoms with Crippen LogP contribution in [-0.2, 0) is 20.9 Å². The molecule has 5 aromatic rings. The Labute approximate surface area is 344 Å². The number of benzene rings is 4. The number of likely N-dealkylation sites (tertiary alicyclic amines) is 1. The third kappa shape index (κ3) is 12.0. The van der Waals surface area contributed by atoms with E-state index in [1.54, 1.807) is 24.1 Å². The molecule has 0 aliphatic carbocycles. The van der Waals surface area contributed by atoms with Crippen LogP contribution in [0.4, 0.5) is 16.2 Å². The van der Waals surface area contributed by atoms with Crippen molar-refractivity contribution in [1.29, 1.82) is 0 Å². The van der Waals surface area contributed by atoms with Gasteiger partial charge in [0, 0.05) is 81.9 Å². The third-order valence-electron chi connectivity index (χ3n) is 10.8. The summed E-state index contributed by atoms with van der Waals surface area (Å²) in [6.07, 6.45) is 2.02. The predicted molar refractivity (Wildman–Crippen MR) is 230 cm³/mol. The number of nitrogens with one attached hydrogen (secondary N) is 4. The maximum absolute atomic E-state index is 12.9. The number of aromatic hydroxyl groups is 1. The molecule has 0 unspecified atom stereocenters. The Morgan fingerprint density at radius 3 is 2.44 bits per heavy atom. The van der Waals surface area contributed by atoms with Crippen LogP contribution in [0, 0.1) is 6.92 Å². The van der Waals surface area contributed by atoms with E-state index in [0.29, 0.717) is 80.3 Å². The Bertz CT molecular complexity index is 2270. The Morgan fingerprint density at radius 1 is 0.898 bits per heavy atom. The van der Waals surface area contributed by atoms with Gasteiger partial charge in [-0.15, -0.1) is 0 Å². The normalized spacial score (nSPS) is 13.8. The van der Waals surface area contributed by atoms with E-state index < -0.39 is 12.2 Å². The molecule has 310 valence electrons. The van der Waals surface area contributed by atoms with E-state index in [1.807, 2.05) is 79.7 Å². The molecule has 0 saturated carbocycles. The lowest BCUT2D eigenvalue weighted by Crippen LogP contribution is -2.40. The SMILES string of the molecule is Cc1cc(CNC[C@@H](O)c2ccc(O)c3[nH]c(=O)ccc23)ccc1NC(=O)CCCCN(C)C(=O)CCN1CCC(OC(=O)Nc2ccccc2-c2ccccc2)CC1. The topological polar surface area (TPSA) is 176 Å². The summed E-state index contributed by atoms with van der Waals surface area (Å²) in [7, 11) is 1.80. The van der Waals surface area contributed by atoms with Crippen LogP contribution in [0.3, 0.4) is 0 Å². The molecule has 13 heteroatoms. The molecule has 13 nitrogen and oxygen atoms in total. The van der Waals surface area contributed by atoms with Crippen molar-refractivity contribution in [3.63, 3.8) is 0 Å². The number of carbonyl (C=O) groups excluding carboxylic acids is 3. The largest absolute Gasteiger partial charge is 0.506 e. The minimum Gasteiger partial charge on any atom is -0.506 e. The van der Waals surface area contributed by atoms with Crippen LogP contribution >= 0.6 is 0 Å². The van der Waals surface area contributed by atoms with Crippen LogP contribution in [-0.4, -0.2) is 88.8 Å². The standard InChI is InChI=1S/C46H54N6O7/c1-31-28-32(29-47-30-41(54)36-16-19-40(53)45-37(36)17-20-43(56)50-45)15-18-38(31)48-42(55)14-8-9-24-51(2)44(57)23-27-52-25-21-34(22-26-52)59-46(58)49-39-13-7-6-12-35(39)33-10-4-3-5-11-33/h3-7,10-13,15-20,28,34,41,47,53-54H,8-9,14,21-27,29-30H2,1-2H3,(H,48,55)(H,49,58)(H,50,56)/t41-/m1/s1. The quantitative estimate of drug-likeness (QED) is 0.0559. The molecule has 1 aliphatic heterocycles. The van der Waals surface area contributed by atoms with E-state index in [-0.39, 0.29) is 35.8 Å². The van der Waals surface area contributed by atoms with Crippen molar-refractivity contribution in [1.82, 2.24) is 20.1 Å². The highest BCUT2D eigenvalue weighted by atomic mass is 16.6. The van der Waals surface area contributed by atoms with E-state index in [0.717, 1.165) is 41.0 Å². The lowest BCUT2D eigenvalue weighted by molar-refractivity contribution is -0.130. The van der Waals surface area contributed by atoms with Gasteiger partial charge in [-0.05, 0) is 79.1 Å². The highest BCUT2D eigenvalue weighted by Crippen LogP contribution is 2.30. The molecular weight excluding hydrogens is 749 g/mol. The molecule has 6 N–H and O–H groups in total. The molecule has 1 saturated heterocycles. The van der Waals surface area contributed by atoms with E-state index >= 15 is 0 Å². The number of aromatic amines is 1. The number of carbonyl (C=O) groups is 3. The number of ether oxygens (including phenoxy) is 1. The second kappa shape index (κ2) is 20.6. The van der Waals surface area contributed by atoms with Crippen molar-refractivity contribution in [3.05, 3.63) is 124 Å². The highest BCUT2D eigenvalue weighted by molar-refractivity contribution is 5.92. The number of para-hydroxylation sites is 1. The average molecular weight is 803 g/mol. The van der Waals surface area contributed by atoms with Gasteiger partial charge in [0.1, 0.15) is 11.9 Å². The van der Waals surface area contributed by atoms with E-state index in [2.05, 4.69) is 25.8 Å². The minimum absolute atomic E-state index is 0.0566. The molecule has 2 heterocycles. The number of anilines is 2. The summed E-state index contributed by atoms with van der Waals surface area (Å²) < 4.78 is 5.76. The smallest absolute Gasteiger partial charge is 0.411 e. The Balaban J connectivity index is 0.830. The molecule has 0 bridgehead atoms. The fraction of sp³-hybridized carbons (Fsp3) is 0.348. The highest BCUT2D eigenvalue weighted by Gasteiger charge is 2.24. The number of pyridine rings is 1. The zero-order valence-electron chi connectivity index (χ0n) is 33.7. The van der Waals surface area contributed by atoms with Crippen LogP contribution < -0.4 is 21.5 Å². The summed E-state index contributed by atoms with van der Waals surface area (Å²) in [4.78, 5) is 56.7. The first-order chi connectivity index (χ1) is 28.5. The van der Waals surface area contributed by atoms with E-state index in [9.17, 15) is 29.4 Å². The molecule has 1 aromatic heterocycles. The van der Waals surface area contributed by atoms with Crippen LogP contribution in [0.2, 0.25) is 0 Å². The van der Waals surface area contributed by atoms with Crippen molar-refractivity contribution in [2.24, 2.45) is 0 Å². The van der Waals surface area contributed by atoms with Gasteiger partial charge in [0.25, 0.3) is 0 Å². The average Bonchev–Trinajstić information content (AvgIpc) is 3.23. The van der Waals surface area contributed by atoms with Gasteiger partial charge < -0.3 is 40.4 Å². The van der Waals surface area contributed by atoms with Gasteiger partial charge in [0.15, 0.2) is 0 Å². The number of unbranched alkanes of at least 4 members (excludes halogenated alkanes) is 1. The van der Waals surface area contributed by atoms with Gasteiger partial charge in [0.05, 0.1) is 17.3 Å². The monoisotopic (exact) mass is 802 g/mol. The molecule has 1 fully saturated rings. The number of aryl methyl sites for hydroxylation is 1. The number of fused-ring (bicyclic) bond motifs is 1. The van der Waals surface area contributed by atoms with Gasteiger partial charge in [0.2, 0.25) is 17.4 Å². The number of rotatable bonds is 17. The molecule has 59 heavy (non-hydrogen) atoms. The molecule has 0 radical (unpaired) electrons. The second-order valence-corrected chi connectivity index (χ2v) is 15.1. The van der Waals surface area contributed by atoms with Gasteiger partial charge in [-0.3, -0.25) is 19.7 Å². The number of phenolic OH excluding ortho intramolecular Hbond substituents is 1. The fourth-order valence-corrected chi connectivity index (χ4v) is 7.41. The van der Waals surface area contributed by atoms with Gasteiger partial charge in [-0.2, -0.15) is 0 Å². The minimum atomic E-state index is -0.865. The number of aromatic nitrogens is 1. The summed E-state index contributed by atoms with van der Waals surface area (Å²) in [5.41, 5.74) is 5.84. The number of aliphatic hydroxyl groups is 1. The summed E-state index contributed by atoms with van der Waals surface area (Å²) >= 11 is 0. The zero-order valence-corrected chi connectivity index (χ0v) is 33.7. The van der Waals surface area contributed by atoms with Gasteiger partial charge >= 0.3 is 6.09 Å². The van der Waals surface area contributed by atoms with Gasteiger partial charge in [-0.25, -0.2) is 4.79 Å². The summed E-state index contributed by atoms with van der Waals surface area (Å²) in [5.74, 6) is -0.0744. The van der Waals surface area contributed by atoms with Crippen molar-refractivity contribution in [2.75, 3.05) is 50.4 Å². The maximum Gasteiger partial charge on any atom is 0.411 e. The van der Waals surface area contributed by atoms with E-state index in [1.165, 1.54) is 12.1 Å². The third-order valence-corrected chi connectivity index (χ3v) is 10.8. The molecule has 3 amide bonds. The molecule has 1 aliphatic rings. The first-order valence-electron chi connectivity index (χ1n) is 20.3. The summed E-state index contributed by atoms with van der Waals surface area (Å²) in [6, 6.07) is 29.4. The number of nitrogens with zero attached hydrogens (tertiary/aromatic N) is 2. The Kier molecular flexibility index (Phi) is 14.9. The first kappa shape index (κ1) is 42.6. The predicted octanol–water partition coefficient (Wildman–Crippen LogP) is 6.70. The van der Waals surface area contributed by atoms with Gasteiger partial charge in [-0.1, -0.05) is 66.7 Å². The summed E-state index contributed by atoms with van der Waals surface area (Å²) in [5, 5.41) is 30.7. The molecular formula is C46H54N6O7. The van der Waals surface area contributed by atoms with Crippen LogP contribution in [0.15, 0.2) is 102 Å². The van der Waals surface area contributed by atoms with Crippen molar-refractivity contribution in [3.8, 4) is 16.9 Å². The molecule has 0 spiro atoms. The zero-order chi connectivity index (χ0) is 41.7. The van der Waals surface area contributed by atoms with Crippen LogP contribution in [0.25, 0.3) is 22.0 Å². The number of hydrogen-bond donors (Lipinski definition) is 6. The number of phenols is 1. The summed E-state index contributed by atoms with van der Waals surface area (Å²) in [6.45, 7) is 5.39. The maximum atomic E-state index is 12.9. The number of hydrogen-bond acceptors (Lipinski definition) is 9. The molecule has 4 aromatic carbocycles. The van der Waals surface area contributed by atoms with Crippen LogP contribution in [0.5, 0.6) is 5.75 Å². The van der Waals surface area contributed by atoms with Crippen molar-refractivity contribution < 1.29 is 29.3 Å². The second-order valence-electron chi connectivity index (χ2n) is 15.1. The van der Waals surface area contributed by atoms with Crippen LogP contribution in [0.1, 0.15) is 61.3 Å². The number of amides is 3. The number of H-pyrrole nitrogens is 1. The number of piperidine rings is 1. The van der Waals surface area contributed by atoms with Crippen molar-refractivity contribution >= 4 is 40.2 Å². The lowest BCUT2D eigenvalue weighted by atomic mass is 10.0. The lowest BCUT2D eigenvalue weighted by Gasteiger charge is -2.31. The first-order valence-corrected chi connectivity index (χ1v) is 20.3. The molecule has 6 rings (SSSR count). The Hall–Kier alpha value is -6.02. The fourth-order valence-electron chi connectivity index (χ4n) is 7.41. The Morgan fingerprint density at radius 2 is 1.66 bits per heavy atom. The molecule has 1 atom stereocenters.